The number of ether oxygens (including phenoxy) is 4. The SMILES string of the molecule is COC(=O)C1(C(=O)O)CCN(C(=O)OC(C)(C)C)C(C(C(=O)c2ccc(OC)cc2)c2ccc(OC)cc2)C1. The number of nitrogens with zero attached hydrogens (tertiary/aromatic N) is 1. The molecule has 0 saturated carbocycles. The third-order valence-corrected chi connectivity index (χ3v) is 6.87. The Morgan fingerprint density at radius 1 is 0.923 bits per heavy atom. The fourth-order valence-corrected chi connectivity index (χ4v) is 4.85. The van der Waals surface area contributed by atoms with Crippen LogP contribution in [0.1, 0.15) is 55.5 Å². The Labute approximate surface area is 227 Å². The highest BCUT2D eigenvalue weighted by Gasteiger charge is 2.56. The number of carboxylic acids is 1. The van der Waals surface area contributed by atoms with Gasteiger partial charge in [-0.25, -0.2) is 4.79 Å². The number of rotatable bonds is 8. The monoisotopic (exact) mass is 541 g/mol. The molecule has 1 aliphatic rings. The molecular weight excluding hydrogens is 506 g/mol. The molecule has 3 rings (SSSR count). The van der Waals surface area contributed by atoms with Crippen molar-refractivity contribution >= 4 is 23.8 Å². The zero-order chi connectivity index (χ0) is 29.0. The van der Waals surface area contributed by atoms with E-state index in [1.54, 1.807) is 69.3 Å². The zero-order valence-corrected chi connectivity index (χ0v) is 23.1. The summed E-state index contributed by atoms with van der Waals surface area (Å²) in [5.74, 6) is -2.62. The lowest BCUT2D eigenvalue weighted by molar-refractivity contribution is -0.172. The van der Waals surface area contributed by atoms with Crippen LogP contribution >= 0.6 is 0 Å². The predicted octanol–water partition coefficient (Wildman–Crippen LogP) is 4.31. The summed E-state index contributed by atoms with van der Waals surface area (Å²) >= 11 is 0. The van der Waals surface area contributed by atoms with Crippen molar-refractivity contribution in [2.75, 3.05) is 27.9 Å². The highest BCUT2D eigenvalue weighted by atomic mass is 16.6. The van der Waals surface area contributed by atoms with E-state index in [1.807, 2.05) is 0 Å². The van der Waals surface area contributed by atoms with Crippen LogP contribution in [0.4, 0.5) is 4.79 Å². The predicted molar refractivity (Wildman–Crippen MR) is 141 cm³/mol. The second-order valence-corrected chi connectivity index (χ2v) is 10.4. The van der Waals surface area contributed by atoms with Gasteiger partial charge in [-0.15, -0.1) is 0 Å². The second kappa shape index (κ2) is 11.8. The van der Waals surface area contributed by atoms with Crippen LogP contribution in [0.3, 0.4) is 0 Å². The number of carbonyl (C=O) groups excluding carboxylic acids is 3. The number of carbonyl (C=O) groups is 4. The molecule has 1 amide bonds. The number of benzene rings is 2. The summed E-state index contributed by atoms with van der Waals surface area (Å²) in [4.78, 5) is 54.3. The summed E-state index contributed by atoms with van der Waals surface area (Å²) in [5.41, 5.74) is -1.96. The Kier molecular flexibility index (Phi) is 8.88. The normalized spacial score (nSPS) is 19.9. The highest BCUT2D eigenvalue weighted by Crippen LogP contribution is 2.43. The summed E-state index contributed by atoms with van der Waals surface area (Å²) in [5, 5.41) is 10.2. The standard InChI is InChI=1S/C29H35NO9/c1-28(2,3)39-27(35)30-16-15-29(25(32)33,26(34)38-6)17-22(30)23(18-7-11-20(36-4)12-8-18)24(31)19-9-13-21(37-5)14-10-19/h7-14,22-23H,15-17H2,1-6H3,(H,32,33). The van der Waals surface area contributed by atoms with Gasteiger partial charge in [0.25, 0.3) is 0 Å². The summed E-state index contributed by atoms with van der Waals surface area (Å²) in [6.07, 6.45) is -1.26. The lowest BCUT2D eigenvalue weighted by Crippen LogP contribution is -2.58. The van der Waals surface area contributed by atoms with Crippen molar-refractivity contribution in [3.05, 3.63) is 59.7 Å². The average molecular weight is 542 g/mol. The molecule has 3 unspecified atom stereocenters. The van der Waals surface area contributed by atoms with Gasteiger partial charge in [0.2, 0.25) is 0 Å². The first-order valence-electron chi connectivity index (χ1n) is 12.5. The van der Waals surface area contributed by atoms with Crippen molar-refractivity contribution in [1.29, 1.82) is 0 Å². The number of Topliss-reactive ketones (excluding diaryl/α,β-unsaturated/α-hetero) is 1. The third kappa shape index (κ3) is 6.32. The van der Waals surface area contributed by atoms with Crippen LogP contribution in [0.25, 0.3) is 0 Å². The second-order valence-electron chi connectivity index (χ2n) is 10.4. The van der Waals surface area contributed by atoms with Gasteiger partial charge in [-0.2, -0.15) is 0 Å². The quantitative estimate of drug-likeness (QED) is 0.295. The van der Waals surface area contributed by atoms with Gasteiger partial charge < -0.3 is 29.0 Å². The smallest absolute Gasteiger partial charge is 0.410 e. The van der Waals surface area contributed by atoms with E-state index in [2.05, 4.69) is 0 Å². The fourth-order valence-electron chi connectivity index (χ4n) is 4.85. The molecule has 2 aromatic carbocycles. The molecule has 1 N–H and O–H groups in total. The van der Waals surface area contributed by atoms with Crippen molar-refractivity contribution in [2.45, 2.75) is 51.2 Å². The average Bonchev–Trinajstić information content (AvgIpc) is 2.91. The van der Waals surface area contributed by atoms with Crippen LogP contribution in [-0.4, -0.2) is 73.3 Å². The summed E-state index contributed by atoms with van der Waals surface area (Å²) < 4.78 is 21.0. The van der Waals surface area contributed by atoms with Crippen molar-refractivity contribution in [2.24, 2.45) is 5.41 Å². The van der Waals surface area contributed by atoms with Gasteiger partial charge in [-0.1, -0.05) is 12.1 Å². The molecule has 0 aliphatic carbocycles. The van der Waals surface area contributed by atoms with Gasteiger partial charge in [0, 0.05) is 12.1 Å². The van der Waals surface area contributed by atoms with Crippen LogP contribution < -0.4 is 9.47 Å². The minimum absolute atomic E-state index is 0.135. The molecule has 0 spiro atoms. The summed E-state index contributed by atoms with van der Waals surface area (Å²) in [7, 11) is 4.14. The van der Waals surface area contributed by atoms with Crippen molar-refractivity contribution in [3.8, 4) is 11.5 Å². The molecule has 1 aliphatic heterocycles. The molecule has 0 radical (unpaired) electrons. The molecule has 3 atom stereocenters. The van der Waals surface area contributed by atoms with Crippen LogP contribution in [0.2, 0.25) is 0 Å². The molecule has 39 heavy (non-hydrogen) atoms. The Morgan fingerprint density at radius 3 is 1.92 bits per heavy atom. The number of hydrogen-bond acceptors (Lipinski definition) is 8. The van der Waals surface area contributed by atoms with E-state index in [9.17, 15) is 24.3 Å². The third-order valence-electron chi connectivity index (χ3n) is 6.87. The van der Waals surface area contributed by atoms with Gasteiger partial charge in [-0.3, -0.25) is 14.4 Å². The van der Waals surface area contributed by atoms with E-state index in [0.29, 0.717) is 22.6 Å². The number of piperidine rings is 1. The number of likely N-dealkylation sites (tertiary alicyclic amines) is 1. The van der Waals surface area contributed by atoms with Gasteiger partial charge >= 0.3 is 18.0 Å². The maximum absolute atomic E-state index is 14.2. The Morgan fingerprint density at radius 2 is 1.46 bits per heavy atom. The molecular formula is C29H35NO9. The number of esters is 1. The van der Waals surface area contributed by atoms with Gasteiger partial charge in [0.1, 0.15) is 17.1 Å². The maximum Gasteiger partial charge on any atom is 0.410 e. The van der Waals surface area contributed by atoms with Gasteiger partial charge in [0.05, 0.1) is 33.3 Å². The first kappa shape index (κ1) is 29.5. The van der Waals surface area contributed by atoms with Crippen LogP contribution in [0.5, 0.6) is 11.5 Å². The van der Waals surface area contributed by atoms with E-state index in [0.717, 1.165) is 7.11 Å². The minimum atomic E-state index is -1.96. The summed E-state index contributed by atoms with van der Waals surface area (Å²) in [6.45, 7) is 5.00. The molecule has 2 aromatic rings. The topological polar surface area (TPSA) is 129 Å². The number of aliphatic carboxylic acids is 1. The van der Waals surface area contributed by atoms with Crippen molar-refractivity contribution in [1.82, 2.24) is 4.90 Å². The fraction of sp³-hybridized carbons (Fsp3) is 0.448. The molecule has 0 aromatic heterocycles. The zero-order valence-electron chi connectivity index (χ0n) is 23.1. The van der Waals surface area contributed by atoms with Crippen molar-refractivity contribution in [3.63, 3.8) is 0 Å². The first-order chi connectivity index (χ1) is 18.4. The molecule has 1 heterocycles. The number of hydrogen-bond donors (Lipinski definition) is 1. The number of amides is 1. The van der Waals surface area contributed by atoms with Gasteiger partial charge in [0.15, 0.2) is 11.2 Å². The largest absolute Gasteiger partial charge is 0.497 e. The highest BCUT2D eigenvalue weighted by molar-refractivity contribution is 6.03. The Balaban J connectivity index is 2.20. The maximum atomic E-state index is 14.2. The Hall–Kier alpha value is -4.08. The molecule has 0 bridgehead atoms. The molecule has 1 saturated heterocycles. The number of carboxylic acid groups (broad SMARTS) is 1. The van der Waals surface area contributed by atoms with E-state index in [1.165, 1.54) is 19.1 Å². The molecule has 10 nitrogen and oxygen atoms in total. The first-order valence-corrected chi connectivity index (χ1v) is 12.5. The lowest BCUT2D eigenvalue weighted by atomic mass is 9.69. The number of ketones is 1. The van der Waals surface area contributed by atoms with Crippen LogP contribution in [-0.2, 0) is 19.1 Å². The van der Waals surface area contributed by atoms with E-state index in [4.69, 9.17) is 18.9 Å². The van der Waals surface area contributed by atoms with Crippen LogP contribution in [0, 0.1) is 5.41 Å². The van der Waals surface area contributed by atoms with E-state index < -0.39 is 41.0 Å². The van der Waals surface area contributed by atoms with E-state index >= 15 is 0 Å². The Bertz CT molecular complexity index is 1200. The van der Waals surface area contributed by atoms with E-state index in [-0.39, 0.29) is 25.2 Å². The number of methoxy groups -OCH3 is 3. The van der Waals surface area contributed by atoms with Gasteiger partial charge in [-0.05, 0) is 75.6 Å². The molecule has 210 valence electrons. The minimum Gasteiger partial charge on any atom is -0.497 e. The lowest BCUT2D eigenvalue weighted by Gasteiger charge is -2.45. The summed E-state index contributed by atoms with van der Waals surface area (Å²) in [6, 6.07) is 12.2. The molecule has 1 fully saturated rings. The molecule has 10 heteroatoms. The van der Waals surface area contributed by atoms with Crippen molar-refractivity contribution < 1.29 is 43.2 Å². The van der Waals surface area contributed by atoms with Crippen LogP contribution in [0.15, 0.2) is 48.5 Å².